The number of fused-ring (bicyclic) bond motifs is 1. The highest BCUT2D eigenvalue weighted by atomic mass is 32.2. The molecule has 1 unspecified atom stereocenters. The van der Waals surface area contributed by atoms with E-state index in [4.69, 9.17) is 14.2 Å². The van der Waals surface area contributed by atoms with Gasteiger partial charge in [-0.1, -0.05) is 24.3 Å². The van der Waals surface area contributed by atoms with E-state index in [1.807, 2.05) is 0 Å². The molecule has 0 saturated heterocycles. The molecule has 0 saturated carbocycles. The summed E-state index contributed by atoms with van der Waals surface area (Å²) in [5.41, 5.74) is 1.67. The molecule has 7 nitrogen and oxygen atoms in total. The lowest BCUT2D eigenvalue weighted by atomic mass is 9.99. The van der Waals surface area contributed by atoms with E-state index in [1.165, 1.54) is 31.5 Å². The largest absolute Gasteiger partial charge is 0.493 e. The SMILES string of the molecule is COc1cc(C(O)c2ccc3c(ccn3S(=O)(=O)c3ccccc3)c2)cc(OC)c1OC. The number of ether oxygens (including phenoxy) is 3. The standard InChI is InChI=1S/C24H23NO6S/c1-29-21-14-18(15-22(30-2)24(21)31-3)23(26)17-9-10-20-16(13-17)11-12-25(20)32(27,28)19-7-5-4-6-8-19/h4-15,23,26H,1-3H3. The number of benzene rings is 3. The number of nitrogens with zero attached hydrogens (tertiary/aromatic N) is 1. The Morgan fingerprint density at radius 1 is 0.812 bits per heavy atom. The molecule has 8 heteroatoms. The lowest BCUT2D eigenvalue weighted by molar-refractivity contribution is 0.218. The van der Waals surface area contributed by atoms with Gasteiger partial charge in [0.2, 0.25) is 5.75 Å². The molecular weight excluding hydrogens is 430 g/mol. The molecule has 1 atom stereocenters. The first-order valence-electron chi connectivity index (χ1n) is 9.80. The molecule has 1 aromatic heterocycles. The van der Waals surface area contributed by atoms with Gasteiger partial charge in [0.1, 0.15) is 6.10 Å². The van der Waals surface area contributed by atoms with Crippen molar-refractivity contribution in [1.29, 1.82) is 0 Å². The van der Waals surface area contributed by atoms with Gasteiger partial charge in [-0.25, -0.2) is 12.4 Å². The molecule has 0 aliphatic carbocycles. The summed E-state index contributed by atoms with van der Waals surface area (Å²) in [6.07, 6.45) is 0.532. The normalized spacial score (nSPS) is 12.5. The van der Waals surface area contributed by atoms with Gasteiger partial charge in [0.05, 0.1) is 31.7 Å². The Hall–Kier alpha value is -3.49. The lowest BCUT2D eigenvalue weighted by Crippen LogP contribution is -2.11. The molecule has 166 valence electrons. The quantitative estimate of drug-likeness (QED) is 0.455. The fourth-order valence-electron chi connectivity index (χ4n) is 3.67. The Morgan fingerprint density at radius 2 is 1.47 bits per heavy atom. The second-order valence-corrected chi connectivity index (χ2v) is 8.92. The Bertz CT molecular complexity index is 1340. The van der Waals surface area contributed by atoms with Gasteiger partial charge in [0.15, 0.2) is 11.5 Å². The van der Waals surface area contributed by atoms with E-state index in [1.54, 1.807) is 66.7 Å². The predicted octanol–water partition coefficient (Wildman–Crippen LogP) is 3.99. The fourth-order valence-corrected chi connectivity index (χ4v) is 5.05. The highest BCUT2D eigenvalue weighted by Gasteiger charge is 2.21. The minimum absolute atomic E-state index is 0.207. The molecule has 32 heavy (non-hydrogen) atoms. The molecular formula is C24H23NO6S. The predicted molar refractivity (Wildman–Crippen MR) is 121 cm³/mol. The molecule has 0 amide bonds. The molecule has 4 aromatic rings. The van der Waals surface area contributed by atoms with Crippen LogP contribution < -0.4 is 14.2 Å². The van der Waals surface area contributed by atoms with Crippen LogP contribution in [0.25, 0.3) is 10.9 Å². The van der Waals surface area contributed by atoms with Gasteiger partial charge in [-0.05, 0) is 53.6 Å². The fraction of sp³-hybridized carbons (Fsp3) is 0.167. The lowest BCUT2D eigenvalue weighted by Gasteiger charge is -2.17. The van der Waals surface area contributed by atoms with Gasteiger partial charge in [-0.3, -0.25) is 0 Å². The van der Waals surface area contributed by atoms with Gasteiger partial charge in [-0.2, -0.15) is 0 Å². The van der Waals surface area contributed by atoms with Crippen molar-refractivity contribution >= 4 is 20.9 Å². The highest BCUT2D eigenvalue weighted by Crippen LogP contribution is 2.41. The summed E-state index contributed by atoms with van der Waals surface area (Å²) in [7, 11) is 0.805. The second kappa shape index (κ2) is 8.57. The second-order valence-electron chi connectivity index (χ2n) is 7.11. The molecule has 4 rings (SSSR count). The van der Waals surface area contributed by atoms with Gasteiger partial charge in [0.25, 0.3) is 10.0 Å². The maximum absolute atomic E-state index is 13.0. The number of aliphatic hydroxyl groups is 1. The molecule has 0 aliphatic heterocycles. The van der Waals surface area contributed by atoms with E-state index in [0.29, 0.717) is 39.3 Å². The molecule has 3 aromatic carbocycles. The van der Waals surface area contributed by atoms with Crippen LogP contribution in [0.5, 0.6) is 17.2 Å². The van der Waals surface area contributed by atoms with Crippen molar-refractivity contribution in [3.63, 3.8) is 0 Å². The maximum atomic E-state index is 13.0. The van der Waals surface area contributed by atoms with Crippen molar-refractivity contribution in [2.24, 2.45) is 0 Å². The zero-order valence-corrected chi connectivity index (χ0v) is 18.7. The molecule has 0 bridgehead atoms. The third-order valence-electron chi connectivity index (χ3n) is 5.30. The minimum Gasteiger partial charge on any atom is -0.493 e. The van der Waals surface area contributed by atoms with Crippen molar-refractivity contribution in [3.8, 4) is 17.2 Å². The smallest absolute Gasteiger partial charge is 0.268 e. The first kappa shape index (κ1) is 21.7. The van der Waals surface area contributed by atoms with E-state index in [0.717, 1.165) is 0 Å². The first-order chi connectivity index (χ1) is 15.4. The minimum atomic E-state index is -3.73. The number of hydrogen-bond donors (Lipinski definition) is 1. The Kier molecular flexibility index (Phi) is 5.82. The van der Waals surface area contributed by atoms with E-state index in [-0.39, 0.29) is 4.90 Å². The average Bonchev–Trinajstić information content (AvgIpc) is 3.27. The number of aromatic nitrogens is 1. The van der Waals surface area contributed by atoms with Crippen LogP contribution in [0.3, 0.4) is 0 Å². The molecule has 1 N–H and O–H groups in total. The van der Waals surface area contributed by atoms with Crippen molar-refractivity contribution < 1.29 is 27.7 Å². The van der Waals surface area contributed by atoms with E-state index in [2.05, 4.69) is 0 Å². The summed E-state index contributed by atoms with van der Waals surface area (Å²) in [6, 6.07) is 18.5. The van der Waals surface area contributed by atoms with Crippen LogP contribution in [0.1, 0.15) is 17.2 Å². The summed E-state index contributed by atoms with van der Waals surface area (Å²) >= 11 is 0. The maximum Gasteiger partial charge on any atom is 0.268 e. The monoisotopic (exact) mass is 453 g/mol. The summed E-state index contributed by atoms with van der Waals surface area (Å²) < 4.78 is 43.4. The molecule has 0 aliphatic rings. The van der Waals surface area contributed by atoms with Crippen LogP contribution in [0.15, 0.2) is 77.8 Å². The number of hydrogen-bond acceptors (Lipinski definition) is 6. The van der Waals surface area contributed by atoms with E-state index < -0.39 is 16.1 Å². The van der Waals surface area contributed by atoms with Crippen LogP contribution in [-0.4, -0.2) is 38.8 Å². The van der Waals surface area contributed by atoms with Crippen molar-refractivity contribution in [2.45, 2.75) is 11.0 Å². The zero-order valence-electron chi connectivity index (χ0n) is 17.8. The van der Waals surface area contributed by atoms with E-state index >= 15 is 0 Å². The van der Waals surface area contributed by atoms with Gasteiger partial charge >= 0.3 is 0 Å². The Labute approximate surface area is 186 Å². The van der Waals surface area contributed by atoms with Gasteiger partial charge in [-0.15, -0.1) is 0 Å². The highest BCUT2D eigenvalue weighted by molar-refractivity contribution is 7.90. The molecule has 0 fully saturated rings. The Balaban J connectivity index is 1.75. The molecule has 0 radical (unpaired) electrons. The van der Waals surface area contributed by atoms with Crippen LogP contribution in [0.2, 0.25) is 0 Å². The number of rotatable bonds is 7. The topological polar surface area (TPSA) is 87.0 Å². The van der Waals surface area contributed by atoms with Crippen LogP contribution in [0, 0.1) is 0 Å². The molecule has 1 heterocycles. The number of aliphatic hydroxyl groups excluding tert-OH is 1. The summed E-state index contributed by atoms with van der Waals surface area (Å²) in [6.45, 7) is 0. The number of methoxy groups -OCH3 is 3. The van der Waals surface area contributed by atoms with Crippen LogP contribution in [-0.2, 0) is 10.0 Å². The summed E-state index contributed by atoms with van der Waals surface area (Å²) in [5, 5.41) is 11.7. The average molecular weight is 454 g/mol. The third-order valence-corrected chi connectivity index (χ3v) is 7.00. The van der Waals surface area contributed by atoms with Crippen molar-refractivity contribution in [3.05, 3.63) is 84.1 Å². The van der Waals surface area contributed by atoms with Crippen molar-refractivity contribution in [1.82, 2.24) is 3.97 Å². The Morgan fingerprint density at radius 3 is 2.06 bits per heavy atom. The van der Waals surface area contributed by atoms with Crippen LogP contribution in [0.4, 0.5) is 0 Å². The van der Waals surface area contributed by atoms with Gasteiger partial charge < -0.3 is 19.3 Å². The summed E-state index contributed by atoms with van der Waals surface area (Å²) in [5.74, 6) is 1.30. The van der Waals surface area contributed by atoms with Crippen molar-refractivity contribution in [2.75, 3.05) is 21.3 Å². The third kappa shape index (κ3) is 3.68. The zero-order chi connectivity index (χ0) is 22.9. The molecule has 0 spiro atoms. The summed E-state index contributed by atoms with van der Waals surface area (Å²) in [4.78, 5) is 0.207. The first-order valence-corrected chi connectivity index (χ1v) is 11.2. The van der Waals surface area contributed by atoms with E-state index in [9.17, 15) is 13.5 Å². The van der Waals surface area contributed by atoms with Crippen LogP contribution >= 0.6 is 0 Å². The van der Waals surface area contributed by atoms with Gasteiger partial charge in [0, 0.05) is 11.6 Å².